The first-order valence-corrected chi connectivity index (χ1v) is 7.35. The zero-order chi connectivity index (χ0) is 14.3. The lowest BCUT2D eigenvalue weighted by molar-refractivity contribution is -0.144. The molecule has 0 spiro atoms. The highest BCUT2D eigenvalue weighted by Crippen LogP contribution is 2.48. The first-order chi connectivity index (χ1) is 9.56. The molecule has 1 aromatic heterocycles. The van der Waals surface area contributed by atoms with Gasteiger partial charge in [-0.25, -0.2) is 0 Å². The van der Waals surface area contributed by atoms with Crippen LogP contribution >= 0.6 is 0 Å². The van der Waals surface area contributed by atoms with E-state index in [0.29, 0.717) is 30.1 Å². The molecule has 1 aromatic rings. The van der Waals surface area contributed by atoms with Gasteiger partial charge in [-0.05, 0) is 31.1 Å². The van der Waals surface area contributed by atoms with Gasteiger partial charge in [-0.2, -0.15) is 4.98 Å². The van der Waals surface area contributed by atoms with E-state index in [1.165, 1.54) is 0 Å². The second kappa shape index (κ2) is 5.16. The van der Waals surface area contributed by atoms with Gasteiger partial charge in [-0.3, -0.25) is 4.79 Å². The van der Waals surface area contributed by atoms with E-state index >= 15 is 0 Å². The fourth-order valence-electron chi connectivity index (χ4n) is 3.72. The Morgan fingerprint density at radius 2 is 2.20 bits per heavy atom. The van der Waals surface area contributed by atoms with Crippen LogP contribution in [-0.4, -0.2) is 27.3 Å². The van der Waals surface area contributed by atoms with Crippen LogP contribution in [0.2, 0.25) is 0 Å². The van der Waals surface area contributed by atoms with Crippen LogP contribution in [0.15, 0.2) is 4.52 Å². The summed E-state index contributed by atoms with van der Waals surface area (Å²) in [6.45, 7) is 4.48. The number of aromatic nitrogens is 2. The molecule has 110 valence electrons. The average Bonchev–Trinajstić information content (AvgIpc) is 3.10. The third-order valence-corrected chi connectivity index (χ3v) is 4.69. The summed E-state index contributed by atoms with van der Waals surface area (Å²) >= 11 is 0. The van der Waals surface area contributed by atoms with Gasteiger partial charge in [0.1, 0.15) is 0 Å². The van der Waals surface area contributed by atoms with Gasteiger partial charge in [0, 0.05) is 12.0 Å². The molecule has 0 aromatic carbocycles. The van der Waals surface area contributed by atoms with Gasteiger partial charge in [0.25, 0.3) is 0 Å². The van der Waals surface area contributed by atoms with Crippen LogP contribution in [-0.2, 0) is 11.3 Å². The van der Waals surface area contributed by atoms with Crippen molar-refractivity contribution in [3.05, 3.63) is 11.7 Å². The van der Waals surface area contributed by atoms with Crippen LogP contribution in [0.4, 0.5) is 0 Å². The van der Waals surface area contributed by atoms with Gasteiger partial charge in [0.05, 0.1) is 12.5 Å². The highest BCUT2D eigenvalue weighted by Gasteiger charge is 2.50. The van der Waals surface area contributed by atoms with Crippen molar-refractivity contribution in [1.82, 2.24) is 15.5 Å². The quantitative estimate of drug-likeness (QED) is 0.854. The van der Waals surface area contributed by atoms with Gasteiger partial charge in [-0.15, -0.1) is 0 Å². The number of carboxylic acids is 1. The number of hydrogen-bond donors (Lipinski definition) is 2. The molecule has 2 aliphatic rings. The van der Waals surface area contributed by atoms with Crippen molar-refractivity contribution in [3.8, 4) is 0 Å². The fraction of sp³-hybridized carbons (Fsp3) is 0.786. The number of nitrogens with zero attached hydrogens (tertiary/aromatic N) is 2. The summed E-state index contributed by atoms with van der Waals surface area (Å²) in [5, 5.41) is 16.6. The van der Waals surface area contributed by atoms with E-state index in [-0.39, 0.29) is 17.9 Å². The van der Waals surface area contributed by atoms with E-state index in [9.17, 15) is 9.90 Å². The van der Waals surface area contributed by atoms with E-state index in [1.54, 1.807) is 0 Å². The van der Waals surface area contributed by atoms with Crippen molar-refractivity contribution in [2.24, 2.45) is 17.8 Å². The van der Waals surface area contributed by atoms with Crippen molar-refractivity contribution in [1.29, 1.82) is 0 Å². The van der Waals surface area contributed by atoms with E-state index in [0.717, 1.165) is 19.3 Å². The van der Waals surface area contributed by atoms with Crippen LogP contribution < -0.4 is 5.32 Å². The molecular weight excluding hydrogens is 258 g/mol. The lowest BCUT2D eigenvalue weighted by Gasteiger charge is -2.28. The lowest BCUT2D eigenvalue weighted by Crippen LogP contribution is -2.43. The molecule has 0 radical (unpaired) electrons. The Labute approximate surface area is 117 Å². The highest BCUT2D eigenvalue weighted by atomic mass is 16.5. The summed E-state index contributed by atoms with van der Waals surface area (Å²) in [7, 11) is 0. The van der Waals surface area contributed by atoms with Crippen molar-refractivity contribution in [3.63, 3.8) is 0 Å². The zero-order valence-electron chi connectivity index (χ0n) is 11.9. The van der Waals surface area contributed by atoms with Crippen LogP contribution in [0, 0.1) is 17.8 Å². The third kappa shape index (κ3) is 2.32. The zero-order valence-corrected chi connectivity index (χ0v) is 11.9. The second-order valence-corrected chi connectivity index (χ2v) is 6.30. The largest absolute Gasteiger partial charge is 0.481 e. The van der Waals surface area contributed by atoms with Gasteiger partial charge in [-0.1, -0.05) is 19.0 Å². The number of carboxylic acid groups (broad SMARTS) is 1. The highest BCUT2D eigenvalue weighted by molar-refractivity contribution is 5.72. The predicted molar refractivity (Wildman–Crippen MR) is 71.0 cm³/mol. The lowest BCUT2D eigenvalue weighted by atomic mass is 9.84. The van der Waals surface area contributed by atoms with Gasteiger partial charge in [0.15, 0.2) is 5.82 Å². The summed E-state index contributed by atoms with van der Waals surface area (Å²) in [5.74, 6) is 1.36. The SMILES string of the molecule is CC(C)c1noc(CNC2C3CCC(C3)C2C(=O)O)n1. The molecule has 4 atom stereocenters. The monoisotopic (exact) mass is 279 g/mol. The Morgan fingerprint density at radius 3 is 2.85 bits per heavy atom. The molecule has 0 amide bonds. The van der Waals surface area contributed by atoms with Gasteiger partial charge >= 0.3 is 5.97 Å². The molecule has 3 rings (SSSR count). The normalized spacial score (nSPS) is 32.1. The minimum Gasteiger partial charge on any atom is -0.481 e. The maximum Gasteiger partial charge on any atom is 0.308 e. The number of fused-ring (bicyclic) bond motifs is 2. The topological polar surface area (TPSA) is 88.2 Å². The molecule has 2 N–H and O–H groups in total. The molecule has 2 bridgehead atoms. The summed E-state index contributed by atoms with van der Waals surface area (Å²) in [5.41, 5.74) is 0. The minimum atomic E-state index is -0.678. The number of hydrogen-bond acceptors (Lipinski definition) is 5. The minimum absolute atomic E-state index is 0.0423. The number of aliphatic carboxylic acids is 1. The predicted octanol–water partition coefficient (Wildman–Crippen LogP) is 1.78. The first-order valence-electron chi connectivity index (χ1n) is 7.35. The fourth-order valence-corrected chi connectivity index (χ4v) is 3.72. The van der Waals surface area contributed by atoms with Crippen LogP contribution in [0.5, 0.6) is 0 Å². The van der Waals surface area contributed by atoms with Crippen molar-refractivity contribution in [2.45, 2.75) is 51.6 Å². The van der Waals surface area contributed by atoms with Crippen molar-refractivity contribution >= 4 is 5.97 Å². The first kappa shape index (κ1) is 13.5. The summed E-state index contributed by atoms with van der Waals surface area (Å²) in [6.07, 6.45) is 3.22. The van der Waals surface area contributed by atoms with Crippen LogP contribution in [0.1, 0.15) is 50.7 Å². The molecule has 6 nitrogen and oxygen atoms in total. The molecule has 20 heavy (non-hydrogen) atoms. The number of carbonyl (C=O) groups is 1. The molecule has 2 saturated carbocycles. The molecule has 2 aliphatic carbocycles. The molecule has 0 aliphatic heterocycles. The van der Waals surface area contributed by atoms with Crippen LogP contribution in [0.25, 0.3) is 0 Å². The Balaban J connectivity index is 1.63. The van der Waals surface area contributed by atoms with Gasteiger partial charge < -0.3 is 14.9 Å². The van der Waals surface area contributed by atoms with E-state index in [4.69, 9.17) is 4.52 Å². The van der Waals surface area contributed by atoms with Crippen LogP contribution in [0.3, 0.4) is 0 Å². The van der Waals surface area contributed by atoms with Gasteiger partial charge in [0.2, 0.25) is 5.89 Å². The molecule has 6 heteroatoms. The maximum absolute atomic E-state index is 11.4. The Hall–Kier alpha value is -1.43. The van der Waals surface area contributed by atoms with E-state index < -0.39 is 5.97 Å². The Kier molecular flexibility index (Phi) is 3.50. The van der Waals surface area contributed by atoms with E-state index in [1.807, 2.05) is 13.8 Å². The van der Waals surface area contributed by atoms with Crippen molar-refractivity contribution < 1.29 is 14.4 Å². The molecule has 1 heterocycles. The maximum atomic E-state index is 11.4. The molecule has 2 fully saturated rings. The summed E-state index contributed by atoms with van der Waals surface area (Å²) in [4.78, 5) is 15.7. The second-order valence-electron chi connectivity index (χ2n) is 6.30. The van der Waals surface area contributed by atoms with Crippen molar-refractivity contribution in [2.75, 3.05) is 0 Å². The Morgan fingerprint density at radius 1 is 1.45 bits per heavy atom. The number of nitrogens with one attached hydrogen (secondary N) is 1. The van der Waals surface area contributed by atoms with E-state index in [2.05, 4.69) is 15.5 Å². The molecular formula is C14H21N3O3. The number of rotatable bonds is 5. The summed E-state index contributed by atoms with van der Waals surface area (Å²) in [6, 6.07) is 0.0423. The Bertz CT molecular complexity index is 500. The smallest absolute Gasteiger partial charge is 0.308 e. The summed E-state index contributed by atoms with van der Waals surface area (Å²) < 4.78 is 5.19. The average molecular weight is 279 g/mol. The standard InChI is InChI=1S/C14H21N3O3/c1-7(2)13-16-10(20-17-13)6-15-12-9-4-3-8(5-9)11(12)14(18)19/h7-9,11-12,15H,3-6H2,1-2H3,(H,18,19). The molecule has 0 saturated heterocycles. The third-order valence-electron chi connectivity index (χ3n) is 4.69. The molecule has 4 unspecified atom stereocenters.